The van der Waals surface area contributed by atoms with Crippen LogP contribution >= 0.6 is 0 Å². The average Bonchev–Trinajstić information content (AvgIpc) is 2.45. The zero-order chi connectivity index (χ0) is 13.9. The van der Waals surface area contributed by atoms with Gasteiger partial charge in [-0.1, -0.05) is 31.2 Å². The van der Waals surface area contributed by atoms with Crippen molar-refractivity contribution in [3.8, 4) is 6.07 Å². The second-order valence-corrected chi connectivity index (χ2v) is 7.66. The summed E-state index contributed by atoms with van der Waals surface area (Å²) < 4.78 is 23.4. The molecule has 1 aliphatic rings. The number of nitriles is 1. The first-order valence-electron chi connectivity index (χ1n) is 6.73. The summed E-state index contributed by atoms with van der Waals surface area (Å²) in [7, 11) is -3.02. The molecule has 0 amide bonds. The van der Waals surface area contributed by atoms with Gasteiger partial charge in [0.05, 0.1) is 17.2 Å². The molecule has 4 heteroatoms. The Morgan fingerprint density at radius 3 is 2.79 bits per heavy atom. The van der Waals surface area contributed by atoms with E-state index >= 15 is 0 Å². The highest BCUT2D eigenvalue weighted by Gasteiger charge is 2.37. The molecule has 0 aromatic heterocycles. The first-order valence-corrected chi connectivity index (χ1v) is 8.55. The average molecular weight is 277 g/mol. The number of nitrogens with zero attached hydrogens (tertiary/aromatic N) is 1. The molecule has 0 aliphatic heterocycles. The lowest BCUT2D eigenvalue weighted by Gasteiger charge is -2.33. The molecular formula is C15H19NO2S. The number of fused-ring (bicyclic) bond motifs is 1. The number of rotatable bonds is 4. The van der Waals surface area contributed by atoms with Crippen LogP contribution in [0.1, 0.15) is 37.3 Å². The van der Waals surface area contributed by atoms with Crippen molar-refractivity contribution >= 4 is 9.84 Å². The molecule has 0 spiro atoms. The summed E-state index contributed by atoms with van der Waals surface area (Å²) in [5.41, 5.74) is 1.62. The van der Waals surface area contributed by atoms with Crippen LogP contribution in [0.2, 0.25) is 0 Å². The van der Waals surface area contributed by atoms with Crippen LogP contribution in [0.15, 0.2) is 24.3 Å². The zero-order valence-corrected chi connectivity index (χ0v) is 12.0. The number of benzene rings is 1. The van der Waals surface area contributed by atoms with Gasteiger partial charge in [0, 0.05) is 5.75 Å². The van der Waals surface area contributed by atoms with Gasteiger partial charge in [-0.25, -0.2) is 8.42 Å². The second-order valence-electron chi connectivity index (χ2n) is 5.19. The molecule has 0 saturated carbocycles. The Labute approximate surface area is 115 Å². The van der Waals surface area contributed by atoms with Crippen LogP contribution in [0.4, 0.5) is 0 Å². The predicted molar refractivity (Wildman–Crippen MR) is 75.6 cm³/mol. The van der Waals surface area contributed by atoms with Crippen LogP contribution in [0.25, 0.3) is 0 Å². The molecule has 1 aromatic rings. The highest BCUT2D eigenvalue weighted by atomic mass is 32.2. The summed E-state index contributed by atoms with van der Waals surface area (Å²) >= 11 is 0. The van der Waals surface area contributed by atoms with Gasteiger partial charge in [0.1, 0.15) is 9.84 Å². The third-order valence-corrected chi connectivity index (χ3v) is 5.78. The maximum atomic E-state index is 11.7. The van der Waals surface area contributed by atoms with Gasteiger partial charge in [0.15, 0.2) is 0 Å². The summed E-state index contributed by atoms with van der Waals surface area (Å²) in [5, 5.41) is 9.61. The fourth-order valence-electron chi connectivity index (χ4n) is 2.83. The van der Waals surface area contributed by atoms with Gasteiger partial charge in [0.25, 0.3) is 0 Å². The highest BCUT2D eigenvalue weighted by molar-refractivity contribution is 7.91. The Bertz CT molecular complexity index is 601. The van der Waals surface area contributed by atoms with E-state index < -0.39 is 15.3 Å². The van der Waals surface area contributed by atoms with Crippen LogP contribution in [-0.4, -0.2) is 19.9 Å². The first kappa shape index (κ1) is 14.1. The van der Waals surface area contributed by atoms with Crippen molar-refractivity contribution in [2.24, 2.45) is 0 Å². The van der Waals surface area contributed by atoms with E-state index in [2.05, 4.69) is 12.1 Å². The number of sulfone groups is 1. The minimum atomic E-state index is -3.02. The van der Waals surface area contributed by atoms with Gasteiger partial charge in [-0.2, -0.15) is 5.26 Å². The van der Waals surface area contributed by atoms with Crippen LogP contribution in [0, 0.1) is 11.3 Å². The third-order valence-electron chi connectivity index (χ3n) is 4.08. The van der Waals surface area contributed by atoms with Crippen molar-refractivity contribution in [1.29, 1.82) is 5.26 Å². The molecule has 0 fully saturated rings. The van der Waals surface area contributed by atoms with Crippen molar-refractivity contribution in [1.82, 2.24) is 0 Å². The molecule has 0 radical (unpaired) electrons. The van der Waals surface area contributed by atoms with Crippen LogP contribution in [-0.2, 0) is 21.7 Å². The van der Waals surface area contributed by atoms with Crippen LogP contribution in [0.5, 0.6) is 0 Å². The second kappa shape index (κ2) is 5.34. The van der Waals surface area contributed by atoms with E-state index in [4.69, 9.17) is 0 Å². The summed E-state index contributed by atoms with van der Waals surface area (Å²) in [6.07, 6.45) is 3.12. The number of hydrogen-bond acceptors (Lipinski definition) is 3. The number of hydrogen-bond donors (Lipinski definition) is 0. The summed E-state index contributed by atoms with van der Waals surface area (Å²) in [6.45, 7) is 1.66. The first-order chi connectivity index (χ1) is 9.03. The van der Waals surface area contributed by atoms with E-state index in [9.17, 15) is 13.7 Å². The van der Waals surface area contributed by atoms with Gasteiger partial charge in [0.2, 0.25) is 0 Å². The summed E-state index contributed by atoms with van der Waals surface area (Å²) in [6, 6.07) is 10.4. The Balaban J connectivity index is 2.33. The predicted octanol–water partition coefficient (Wildman–Crippen LogP) is 2.61. The smallest absolute Gasteiger partial charge is 0.150 e. The third kappa shape index (κ3) is 2.82. The normalized spacial score (nSPS) is 22.5. The van der Waals surface area contributed by atoms with E-state index in [1.807, 2.05) is 18.2 Å². The van der Waals surface area contributed by atoms with Crippen LogP contribution < -0.4 is 0 Å². The molecule has 0 N–H and O–H groups in total. The topological polar surface area (TPSA) is 57.9 Å². The Morgan fingerprint density at radius 2 is 2.11 bits per heavy atom. The molecule has 0 bridgehead atoms. The van der Waals surface area contributed by atoms with Gasteiger partial charge >= 0.3 is 0 Å². The Morgan fingerprint density at radius 1 is 1.37 bits per heavy atom. The lowest BCUT2D eigenvalue weighted by atomic mass is 9.69. The molecule has 1 atom stereocenters. The largest absolute Gasteiger partial charge is 0.229 e. The molecule has 2 rings (SSSR count). The standard InChI is InChI=1S/C15H19NO2S/c1-2-19(17,18)11-10-15(12-16)9-5-7-13-6-3-4-8-14(13)15/h3-4,6,8H,2,5,7,9-11H2,1H3. The maximum Gasteiger partial charge on any atom is 0.150 e. The van der Waals surface area contributed by atoms with E-state index in [0.717, 1.165) is 24.8 Å². The minimum absolute atomic E-state index is 0.103. The van der Waals surface area contributed by atoms with Gasteiger partial charge in [-0.3, -0.25) is 0 Å². The lowest BCUT2D eigenvalue weighted by Crippen LogP contribution is -2.32. The van der Waals surface area contributed by atoms with Gasteiger partial charge in [-0.05, 0) is 36.8 Å². The van der Waals surface area contributed by atoms with Crippen molar-refractivity contribution in [2.75, 3.05) is 11.5 Å². The van der Waals surface area contributed by atoms with Gasteiger partial charge < -0.3 is 0 Å². The fraction of sp³-hybridized carbons (Fsp3) is 0.533. The van der Waals surface area contributed by atoms with Crippen molar-refractivity contribution in [3.63, 3.8) is 0 Å². The molecule has 102 valence electrons. The summed E-state index contributed by atoms with van der Waals surface area (Å²) in [4.78, 5) is 0. The van der Waals surface area contributed by atoms with Crippen LogP contribution in [0.3, 0.4) is 0 Å². The molecule has 1 unspecified atom stereocenters. The quantitative estimate of drug-likeness (QED) is 0.850. The molecule has 1 aliphatic carbocycles. The van der Waals surface area contributed by atoms with Crippen molar-refractivity contribution in [2.45, 2.75) is 38.0 Å². The fourth-order valence-corrected chi connectivity index (χ4v) is 3.77. The Hall–Kier alpha value is -1.34. The maximum absolute atomic E-state index is 11.7. The molecule has 19 heavy (non-hydrogen) atoms. The monoisotopic (exact) mass is 277 g/mol. The van der Waals surface area contributed by atoms with Crippen molar-refractivity contribution < 1.29 is 8.42 Å². The summed E-state index contributed by atoms with van der Waals surface area (Å²) in [5.74, 6) is 0.252. The molecular weight excluding hydrogens is 258 g/mol. The van der Waals surface area contributed by atoms with E-state index in [-0.39, 0.29) is 11.5 Å². The highest BCUT2D eigenvalue weighted by Crippen LogP contribution is 2.39. The lowest BCUT2D eigenvalue weighted by molar-refractivity contribution is 0.438. The van der Waals surface area contributed by atoms with Gasteiger partial charge in [-0.15, -0.1) is 0 Å². The van der Waals surface area contributed by atoms with Crippen molar-refractivity contribution in [3.05, 3.63) is 35.4 Å². The SMILES string of the molecule is CCS(=O)(=O)CCC1(C#N)CCCc2ccccc21. The zero-order valence-electron chi connectivity index (χ0n) is 11.2. The molecule has 3 nitrogen and oxygen atoms in total. The van der Waals surface area contributed by atoms with E-state index in [0.29, 0.717) is 6.42 Å². The molecule has 0 saturated heterocycles. The molecule has 0 heterocycles. The minimum Gasteiger partial charge on any atom is -0.229 e. The number of aryl methyl sites for hydroxylation is 1. The Kier molecular flexibility index (Phi) is 3.96. The molecule has 1 aromatic carbocycles. The van der Waals surface area contributed by atoms with E-state index in [1.54, 1.807) is 6.92 Å². The van der Waals surface area contributed by atoms with E-state index in [1.165, 1.54) is 5.56 Å².